The highest BCUT2D eigenvalue weighted by atomic mass is 16.6. The zero-order chi connectivity index (χ0) is 13.8. The van der Waals surface area contributed by atoms with E-state index in [1.807, 2.05) is 4.90 Å². The van der Waals surface area contributed by atoms with E-state index in [2.05, 4.69) is 0 Å². The summed E-state index contributed by atoms with van der Waals surface area (Å²) in [5.74, 6) is 0.282. The van der Waals surface area contributed by atoms with E-state index in [9.17, 15) is 15.2 Å². The summed E-state index contributed by atoms with van der Waals surface area (Å²) in [5.41, 5.74) is 0.508. The molecule has 0 radical (unpaired) electrons. The molecule has 6 nitrogen and oxygen atoms in total. The molecule has 0 aromatic heterocycles. The van der Waals surface area contributed by atoms with Crippen LogP contribution in [-0.2, 0) is 0 Å². The van der Waals surface area contributed by atoms with Gasteiger partial charge in [-0.3, -0.25) is 10.1 Å². The van der Waals surface area contributed by atoms with Gasteiger partial charge in [-0.1, -0.05) is 6.07 Å². The lowest BCUT2D eigenvalue weighted by atomic mass is 10.1. The van der Waals surface area contributed by atoms with Gasteiger partial charge in [-0.2, -0.15) is 0 Å². The Morgan fingerprint density at radius 1 is 1.58 bits per heavy atom. The number of rotatable bonds is 4. The first-order chi connectivity index (χ1) is 9.13. The molecule has 1 fully saturated rings. The summed E-state index contributed by atoms with van der Waals surface area (Å²) < 4.78 is 5.33. The third-order valence-electron chi connectivity index (χ3n) is 3.20. The molecular weight excluding hydrogens is 248 g/mol. The average molecular weight is 266 g/mol. The number of nitro groups is 1. The minimum absolute atomic E-state index is 0.0153. The van der Waals surface area contributed by atoms with Gasteiger partial charge in [0.25, 0.3) is 0 Å². The highest BCUT2D eigenvalue weighted by molar-refractivity contribution is 5.70. The van der Waals surface area contributed by atoms with Crippen LogP contribution in [0.2, 0.25) is 0 Å². The molecule has 0 aliphatic carbocycles. The quantitative estimate of drug-likeness (QED) is 0.666. The monoisotopic (exact) mass is 266 g/mol. The van der Waals surface area contributed by atoms with Crippen molar-refractivity contribution in [2.24, 2.45) is 0 Å². The molecule has 0 amide bonds. The lowest BCUT2D eigenvalue weighted by Crippen LogP contribution is -2.38. The van der Waals surface area contributed by atoms with E-state index in [-0.39, 0.29) is 11.4 Å². The second-order valence-corrected chi connectivity index (χ2v) is 4.56. The van der Waals surface area contributed by atoms with Crippen LogP contribution in [0, 0.1) is 10.1 Å². The molecule has 104 valence electrons. The molecule has 1 heterocycles. The summed E-state index contributed by atoms with van der Waals surface area (Å²) in [6.07, 6.45) is 1.15. The fourth-order valence-electron chi connectivity index (χ4n) is 2.39. The van der Waals surface area contributed by atoms with Gasteiger partial charge < -0.3 is 14.7 Å². The highest BCUT2D eigenvalue weighted by Crippen LogP contribution is 2.38. The molecule has 1 N–H and O–H groups in total. The van der Waals surface area contributed by atoms with Crippen molar-refractivity contribution in [3.8, 4) is 5.75 Å². The molecule has 6 heteroatoms. The molecule has 1 saturated heterocycles. The standard InChI is InChI=1S/C13H18N2O4/c1-2-19-12-7-3-6-11(13(12)15(17)18)14-8-4-5-10(16)9-14/h3,6-7,10,16H,2,4-5,8-9H2,1H3. The van der Waals surface area contributed by atoms with E-state index in [1.165, 1.54) is 0 Å². The van der Waals surface area contributed by atoms with E-state index < -0.39 is 11.0 Å². The minimum Gasteiger partial charge on any atom is -0.487 e. The normalized spacial score (nSPS) is 19.3. The summed E-state index contributed by atoms with van der Waals surface area (Å²) in [6.45, 7) is 3.32. The number of aliphatic hydroxyl groups excluding tert-OH is 1. The predicted molar refractivity (Wildman–Crippen MR) is 71.7 cm³/mol. The third kappa shape index (κ3) is 2.96. The number of hydrogen-bond donors (Lipinski definition) is 1. The SMILES string of the molecule is CCOc1cccc(N2CCCC(O)C2)c1[N+](=O)[O-]. The lowest BCUT2D eigenvalue weighted by molar-refractivity contribution is -0.385. The Morgan fingerprint density at radius 3 is 3.00 bits per heavy atom. The first-order valence-corrected chi connectivity index (χ1v) is 6.46. The van der Waals surface area contributed by atoms with Crippen molar-refractivity contribution in [3.63, 3.8) is 0 Å². The van der Waals surface area contributed by atoms with Crippen LogP contribution in [0.25, 0.3) is 0 Å². The third-order valence-corrected chi connectivity index (χ3v) is 3.20. The van der Waals surface area contributed by atoms with E-state index in [4.69, 9.17) is 4.74 Å². The second kappa shape index (κ2) is 5.88. The zero-order valence-corrected chi connectivity index (χ0v) is 10.9. The number of β-amino-alcohol motifs (C(OH)–C–C–N with tert-alkyl or cyclic N) is 1. The average Bonchev–Trinajstić information content (AvgIpc) is 2.38. The molecule has 0 bridgehead atoms. The van der Waals surface area contributed by atoms with Crippen molar-refractivity contribution in [1.82, 2.24) is 0 Å². The number of nitrogens with zero attached hydrogens (tertiary/aromatic N) is 2. The molecule has 0 saturated carbocycles. The molecule has 1 aromatic rings. The molecule has 1 aliphatic rings. The lowest BCUT2D eigenvalue weighted by Gasteiger charge is -2.31. The molecular formula is C13H18N2O4. The number of anilines is 1. The first kappa shape index (κ1) is 13.6. The molecule has 1 aliphatic heterocycles. The van der Waals surface area contributed by atoms with Gasteiger partial charge in [0.1, 0.15) is 5.69 Å². The van der Waals surface area contributed by atoms with Crippen LogP contribution in [0.5, 0.6) is 5.75 Å². The van der Waals surface area contributed by atoms with Crippen LogP contribution in [-0.4, -0.2) is 35.8 Å². The maximum Gasteiger partial charge on any atom is 0.333 e. The molecule has 1 aromatic carbocycles. The fraction of sp³-hybridized carbons (Fsp3) is 0.538. The maximum atomic E-state index is 11.3. The Morgan fingerprint density at radius 2 is 2.37 bits per heavy atom. The van der Waals surface area contributed by atoms with Gasteiger partial charge in [0.2, 0.25) is 0 Å². The summed E-state index contributed by atoms with van der Waals surface area (Å²) in [5, 5.41) is 21.0. The van der Waals surface area contributed by atoms with Gasteiger partial charge >= 0.3 is 5.69 Å². The minimum atomic E-state index is -0.427. The molecule has 0 spiro atoms. The summed E-state index contributed by atoms with van der Waals surface area (Å²) in [4.78, 5) is 12.7. The van der Waals surface area contributed by atoms with Crippen molar-refractivity contribution in [1.29, 1.82) is 0 Å². The molecule has 1 unspecified atom stereocenters. The summed E-state index contributed by atoms with van der Waals surface area (Å²) in [6, 6.07) is 5.05. The van der Waals surface area contributed by atoms with Crippen molar-refractivity contribution < 1.29 is 14.8 Å². The summed E-state index contributed by atoms with van der Waals surface area (Å²) >= 11 is 0. The first-order valence-electron chi connectivity index (χ1n) is 6.46. The highest BCUT2D eigenvalue weighted by Gasteiger charge is 2.27. The van der Waals surface area contributed by atoms with Crippen LogP contribution in [0.4, 0.5) is 11.4 Å². The molecule has 2 rings (SSSR count). The van der Waals surface area contributed by atoms with Crippen LogP contribution >= 0.6 is 0 Å². The van der Waals surface area contributed by atoms with E-state index in [1.54, 1.807) is 25.1 Å². The second-order valence-electron chi connectivity index (χ2n) is 4.56. The Balaban J connectivity index is 2.38. The van der Waals surface area contributed by atoms with E-state index >= 15 is 0 Å². The Hall–Kier alpha value is -1.82. The van der Waals surface area contributed by atoms with Crippen molar-refractivity contribution in [2.45, 2.75) is 25.9 Å². The predicted octanol–water partition coefficient (Wildman–Crippen LogP) is 1.95. The smallest absolute Gasteiger partial charge is 0.333 e. The van der Waals surface area contributed by atoms with Gasteiger partial charge in [-0.05, 0) is 31.9 Å². The maximum absolute atomic E-state index is 11.3. The van der Waals surface area contributed by atoms with Gasteiger partial charge in [0, 0.05) is 13.1 Å². The fourth-order valence-corrected chi connectivity index (χ4v) is 2.39. The van der Waals surface area contributed by atoms with Crippen LogP contribution in [0.3, 0.4) is 0 Å². The number of nitro benzene ring substituents is 1. The molecule has 19 heavy (non-hydrogen) atoms. The van der Waals surface area contributed by atoms with E-state index in [0.717, 1.165) is 12.8 Å². The van der Waals surface area contributed by atoms with Crippen LogP contribution in [0.15, 0.2) is 18.2 Å². The van der Waals surface area contributed by atoms with E-state index in [0.29, 0.717) is 25.4 Å². The number of benzene rings is 1. The Bertz CT molecular complexity index is 464. The largest absolute Gasteiger partial charge is 0.487 e. The topological polar surface area (TPSA) is 75.8 Å². The number of aliphatic hydroxyl groups is 1. The number of para-hydroxylation sites is 1. The Kier molecular flexibility index (Phi) is 4.21. The zero-order valence-electron chi connectivity index (χ0n) is 10.9. The van der Waals surface area contributed by atoms with Crippen molar-refractivity contribution >= 4 is 11.4 Å². The van der Waals surface area contributed by atoms with Crippen LogP contribution in [0.1, 0.15) is 19.8 Å². The Labute approximate surface area is 111 Å². The van der Waals surface area contributed by atoms with Gasteiger partial charge in [-0.15, -0.1) is 0 Å². The number of hydrogen-bond acceptors (Lipinski definition) is 5. The van der Waals surface area contributed by atoms with Crippen molar-refractivity contribution in [3.05, 3.63) is 28.3 Å². The van der Waals surface area contributed by atoms with Gasteiger partial charge in [-0.25, -0.2) is 0 Å². The van der Waals surface area contributed by atoms with Gasteiger partial charge in [0.05, 0.1) is 17.6 Å². The number of piperidine rings is 1. The van der Waals surface area contributed by atoms with Crippen LogP contribution < -0.4 is 9.64 Å². The molecule has 1 atom stereocenters. The van der Waals surface area contributed by atoms with Gasteiger partial charge in [0.15, 0.2) is 5.75 Å². The summed E-state index contributed by atoms with van der Waals surface area (Å²) in [7, 11) is 0. The van der Waals surface area contributed by atoms with Crippen molar-refractivity contribution in [2.75, 3.05) is 24.6 Å². The number of ether oxygens (including phenoxy) is 1.